The van der Waals surface area contributed by atoms with E-state index in [4.69, 9.17) is 0 Å². The smallest absolute Gasteiger partial charge is 0.226 e. The molecular weight excluding hydrogens is 240 g/mol. The standard InChI is InChI=1S/C14H18N4O/c1-18(2)14-15-9-8-13(17-14)16-10-12(19)11-6-4-3-5-7-11/h3-9,12,19H,10H2,1-2H3,(H,15,16,17). The summed E-state index contributed by atoms with van der Waals surface area (Å²) in [5, 5.41) is 13.2. The number of aromatic nitrogens is 2. The second-order valence-corrected chi connectivity index (χ2v) is 4.44. The summed E-state index contributed by atoms with van der Waals surface area (Å²) in [7, 11) is 3.77. The van der Waals surface area contributed by atoms with E-state index in [1.54, 1.807) is 12.3 Å². The Kier molecular flexibility index (Phi) is 4.30. The van der Waals surface area contributed by atoms with Gasteiger partial charge in [0, 0.05) is 26.8 Å². The number of rotatable bonds is 5. The van der Waals surface area contributed by atoms with Crippen molar-refractivity contribution >= 4 is 11.8 Å². The molecule has 5 nitrogen and oxygen atoms in total. The molecule has 0 aliphatic heterocycles. The SMILES string of the molecule is CN(C)c1nccc(NCC(O)c2ccccc2)n1. The molecule has 1 unspecified atom stereocenters. The molecule has 0 aliphatic carbocycles. The molecule has 0 aliphatic rings. The summed E-state index contributed by atoms with van der Waals surface area (Å²) in [4.78, 5) is 10.3. The fraction of sp³-hybridized carbons (Fsp3) is 0.286. The highest BCUT2D eigenvalue weighted by Gasteiger charge is 2.07. The van der Waals surface area contributed by atoms with Crippen molar-refractivity contribution < 1.29 is 5.11 Å². The Morgan fingerprint density at radius 1 is 1.21 bits per heavy atom. The second-order valence-electron chi connectivity index (χ2n) is 4.44. The van der Waals surface area contributed by atoms with Gasteiger partial charge in [-0.25, -0.2) is 4.98 Å². The van der Waals surface area contributed by atoms with Gasteiger partial charge in [0.25, 0.3) is 0 Å². The van der Waals surface area contributed by atoms with Crippen LogP contribution in [0.15, 0.2) is 42.6 Å². The fourth-order valence-electron chi connectivity index (χ4n) is 1.66. The van der Waals surface area contributed by atoms with Crippen molar-refractivity contribution in [2.24, 2.45) is 0 Å². The van der Waals surface area contributed by atoms with Crippen LogP contribution in [0.4, 0.5) is 11.8 Å². The topological polar surface area (TPSA) is 61.3 Å². The number of nitrogens with zero attached hydrogens (tertiary/aromatic N) is 3. The van der Waals surface area contributed by atoms with Gasteiger partial charge in [0.05, 0.1) is 6.10 Å². The zero-order valence-electron chi connectivity index (χ0n) is 11.1. The lowest BCUT2D eigenvalue weighted by molar-refractivity contribution is 0.191. The van der Waals surface area contributed by atoms with Crippen LogP contribution >= 0.6 is 0 Å². The largest absolute Gasteiger partial charge is 0.387 e. The number of hydrogen-bond acceptors (Lipinski definition) is 5. The Bertz CT molecular complexity index is 516. The summed E-state index contributed by atoms with van der Waals surface area (Å²) in [5.41, 5.74) is 0.886. The van der Waals surface area contributed by atoms with E-state index in [1.807, 2.05) is 49.3 Å². The predicted octanol–water partition coefficient (Wildman–Crippen LogP) is 1.69. The van der Waals surface area contributed by atoms with E-state index in [2.05, 4.69) is 15.3 Å². The molecule has 2 aromatic rings. The van der Waals surface area contributed by atoms with Crippen LogP contribution in [0.3, 0.4) is 0 Å². The number of aliphatic hydroxyl groups excluding tert-OH is 1. The minimum Gasteiger partial charge on any atom is -0.387 e. The van der Waals surface area contributed by atoms with E-state index in [0.717, 1.165) is 5.56 Å². The Hall–Kier alpha value is -2.14. The monoisotopic (exact) mass is 258 g/mol. The van der Waals surface area contributed by atoms with Crippen LogP contribution in [-0.4, -0.2) is 35.7 Å². The molecule has 1 atom stereocenters. The van der Waals surface area contributed by atoms with E-state index < -0.39 is 6.10 Å². The molecule has 2 rings (SSSR count). The predicted molar refractivity (Wildman–Crippen MR) is 76.3 cm³/mol. The Labute approximate surface area is 112 Å². The highest BCUT2D eigenvalue weighted by molar-refractivity contribution is 5.40. The van der Waals surface area contributed by atoms with Crippen LogP contribution in [-0.2, 0) is 0 Å². The van der Waals surface area contributed by atoms with E-state index in [1.165, 1.54) is 0 Å². The lowest BCUT2D eigenvalue weighted by Gasteiger charge is -2.14. The zero-order valence-corrected chi connectivity index (χ0v) is 11.1. The molecule has 5 heteroatoms. The summed E-state index contributed by atoms with van der Waals surface area (Å²) < 4.78 is 0. The Morgan fingerprint density at radius 2 is 1.95 bits per heavy atom. The molecule has 1 heterocycles. The van der Waals surface area contributed by atoms with Crippen molar-refractivity contribution in [3.05, 3.63) is 48.2 Å². The maximum absolute atomic E-state index is 10.0. The molecule has 0 fully saturated rings. The van der Waals surface area contributed by atoms with Gasteiger partial charge in [0.2, 0.25) is 5.95 Å². The molecule has 0 spiro atoms. The van der Waals surface area contributed by atoms with Crippen LogP contribution in [0, 0.1) is 0 Å². The highest BCUT2D eigenvalue weighted by atomic mass is 16.3. The average Bonchev–Trinajstić information content (AvgIpc) is 2.46. The number of hydrogen-bond donors (Lipinski definition) is 2. The zero-order chi connectivity index (χ0) is 13.7. The number of nitrogens with one attached hydrogen (secondary N) is 1. The quantitative estimate of drug-likeness (QED) is 0.854. The molecule has 0 amide bonds. The van der Waals surface area contributed by atoms with Crippen molar-refractivity contribution in [1.82, 2.24) is 9.97 Å². The van der Waals surface area contributed by atoms with Gasteiger partial charge in [0.15, 0.2) is 0 Å². The van der Waals surface area contributed by atoms with Crippen LogP contribution in [0.1, 0.15) is 11.7 Å². The first kappa shape index (κ1) is 13.3. The fourth-order valence-corrected chi connectivity index (χ4v) is 1.66. The third kappa shape index (κ3) is 3.66. The summed E-state index contributed by atoms with van der Waals surface area (Å²) in [5.74, 6) is 1.34. The number of aliphatic hydroxyl groups is 1. The van der Waals surface area contributed by atoms with Crippen molar-refractivity contribution in [2.45, 2.75) is 6.10 Å². The van der Waals surface area contributed by atoms with Gasteiger partial charge in [-0.1, -0.05) is 30.3 Å². The molecule has 2 N–H and O–H groups in total. The molecule has 0 bridgehead atoms. The Morgan fingerprint density at radius 3 is 2.63 bits per heavy atom. The first-order valence-electron chi connectivity index (χ1n) is 6.14. The van der Waals surface area contributed by atoms with Crippen LogP contribution in [0.5, 0.6) is 0 Å². The van der Waals surface area contributed by atoms with Gasteiger partial charge in [-0.3, -0.25) is 0 Å². The van der Waals surface area contributed by atoms with Gasteiger partial charge in [-0.15, -0.1) is 0 Å². The molecule has 0 radical (unpaired) electrons. The van der Waals surface area contributed by atoms with Gasteiger partial charge >= 0.3 is 0 Å². The maximum atomic E-state index is 10.0. The molecule has 0 saturated carbocycles. The summed E-state index contributed by atoms with van der Waals surface area (Å²) >= 11 is 0. The van der Waals surface area contributed by atoms with Gasteiger partial charge in [0.1, 0.15) is 5.82 Å². The average molecular weight is 258 g/mol. The summed E-state index contributed by atoms with van der Waals surface area (Å²) in [6.45, 7) is 0.411. The first-order valence-corrected chi connectivity index (χ1v) is 6.14. The summed E-state index contributed by atoms with van der Waals surface area (Å²) in [6.07, 6.45) is 1.14. The number of benzene rings is 1. The molecule has 100 valence electrons. The molecular formula is C14H18N4O. The van der Waals surface area contributed by atoms with Crippen molar-refractivity contribution in [2.75, 3.05) is 30.9 Å². The third-order valence-corrected chi connectivity index (χ3v) is 2.70. The maximum Gasteiger partial charge on any atom is 0.226 e. The number of anilines is 2. The minimum atomic E-state index is -0.557. The first-order chi connectivity index (χ1) is 9.16. The van der Waals surface area contributed by atoms with Crippen LogP contribution < -0.4 is 10.2 Å². The third-order valence-electron chi connectivity index (χ3n) is 2.70. The normalized spacial score (nSPS) is 11.9. The van der Waals surface area contributed by atoms with Crippen molar-refractivity contribution in [3.8, 4) is 0 Å². The summed E-state index contributed by atoms with van der Waals surface area (Å²) in [6, 6.07) is 11.3. The molecule has 0 saturated heterocycles. The second kappa shape index (κ2) is 6.15. The lowest BCUT2D eigenvalue weighted by Crippen LogP contribution is -2.16. The highest BCUT2D eigenvalue weighted by Crippen LogP contribution is 2.14. The van der Waals surface area contributed by atoms with Crippen molar-refractivity contribution in [1.29, 1.82) is 0 Å². The molecule has 1 aromatic carbocycles. The van der Waals surface area contributed by atoms with Crippen LogP contribution in [0.2, 0.25) is 0 Å². The van der Waals surface area contributed by atoms with Gasteiger partial charge < -0.3 is 15.3 Å². The Balaban J connectivity index is 1.97. The van der Waals surface area contributed by atoms with E-state index in [-0.39, 0.29) is 0 Å². The van der Waals surface area contributed by atoms with Gasteiger partial charge in [-0.05, 0) is 11.6 Å². The van der Waals surface area contributed by atoms with Crippen molar-refractivity contribution in [3.63, 3.8) is 0 Å². The molecule has 19 heavy (non-hydrogen) atoms. The molecule has 1 aromatic heterocycles. The lowest BCUT2D eigenvalue weighted by atomic mass is 10.1. The van der Waals surface area contributed by atoms with E-state index in [9.17, 15) is 5.11 Å². The van der Waals surface area contributed by atoms with Crippen LogP contribution in [0.25, 0.3) is 0 Å². The van der Waals surface area contributed by atoms with E-state index >= 15 is 0 Å². The van der Waals surface area contributed by atoms with E-state index in [0.29, 0.717) is 18.3 Å². The minimum absolute atomic E-state index is 0.411. The van der Waals surface area contributed by atoms with Gasteiger partial charge in [-0.2, -0.15) is 4.98 Å².